The summed E-state index contributed by atoms with van der Waals surface area (Å²) in [5.74, 6) is -0.607. The van der Waals surface area contributed by atoms with Gasteiger partial charge in [-0.1, -0.05) is 53.3 Å². The van der Waals surface area contributed by atoms with Crippen molar-refractivity contribution < 1.29 is 14.5 Å². The number of methoxy groups -OCH3 is 1. The highest BCUT2D eigenvalue weighted by atomic mass is 35.5. The van der Waals surface area contributed by atoms with Gasteiger partial charge in [0, 0.05) is 17.2 Å². The van der Waals surface area contributed by atoms with Gasteiger partial charge >= 0.3 is 5.97 Å². The predicted molar refractivity (Wildman–Crippen MR) is 120 cm³/mol. The zero-order valence-electron chi connectivity index (χ0n) is 16.9. The molecular weight excluding hydrogens is 454 g/mol. The van der Waals surface area contributed by atoms with Gasteiger partial charge in [0.15, 0.2) is 4.80 Å². The number of aromatic nitrogens is 1. The average Bonchev–Trinajstić information content (AvgIpc) is 3.07. The van der Waals surface area contributed by atoms with Gasteiger partial charge in [0.25, 0.3) is 11.2 Å². The number of esters is 1. The highest BCUT2D eigenvalue weighted by Crippen LogP contribution is 2.34. The lowest BCUT2D eigenvalue weighted by molar-refractivity contribution is -0.384. The van der Waals surface area contributed by atoms with Gasteiger partial charge in [-0.2, -0.15) is 0 Å². The molecule has 1 aromatic heterocycles. The third kappa shape index (κ3) is 3.76. The summed E-state index contributed by atoms with van der Waals surface area (Å²) in [7, 11) is 1.26. The van der Waals surface area contributed by atoms with E-state index in [0.717, 1.165) is 11.3 Å². The number of fused-ring (bicyclic) bond motifs is 1. The number of halogens is 1. The third-order valence-electron chi connectivity index (χ3n) is 5.01. The molecule has 4 rings (SSSR count). The molecule has 0 N–H and O–H groups in total. The van der Waals surface area contributed by atoms with E-state index in [9.17, 15) is 19.7 Å². The van der Waals surface area contributed by atoms with E-state index < -0.39 is 16.9 Å². The second kappa shape index (κ2) is 8.52. The van der Waals surface area contributed by atoms with Gasteiger partial charge in [-0.05, 0) is 30.2 Å². The Kier molecular flexibility index (Phi) is 5.77. The molecule has 1 atom stereocenters. The minimum Gasteiger partial charge on any atom is -0.466 e. The molecule has 2 aromatic carbocycles. The highest BCUT2D eigenvalue weighted by Gasteiger charge is 2.34. The van der Waals surface area contributed by atoms with E-state index in [4.69, 9.17) is 16.3 Å². The van der Waals surface area contributed by atoms with E-state index in [1.54, 1.807) is 49.4 Å². The largest absolute Gasteiger partial charge is 0.466 e. The van der Waals surface area contributed by atoms with Gasteiger partial charge in [0.1, 0.15) is 6.04 Å². The topological polar surface area (TPSA) is 104 Å². The summed E-state index contributed by atoms with van der Waals surface area (Å²) in [4.78, 5) is 41.5. The first-order valence-corrected chi connectivity index (χ1v) is 10.6. The Morgan fingerprint density at radius 2 is 2.03 bits per heavy atom. The van der Waals surface area contributed by atoms with Crippen molar-refractivity contribution in [3.8, 4) is 0 Å². The molecule has 32 heavy (non-hydrogen) atoms. The van der Waals surface area contributed by atoms with Crippen LogP contribution in [0.2, 0.25) is 5.02 Å². The lowest BCUT2D eigenvalue weighted by Crippen LogP contribution is -2.39. The molecule has 0 amide bonds. The molecule has 0 fully saturated rings. The Bertz CT molecular complexity index is 1470. The Morgan fingerprint density at radius 3 is 2.72 bits per heavy atom. The number of nitro benzene ring substituents is 1. The van der Waals surface area contributed by atoms with Gasteiger partial charge in [-0.3, -0.25) is 19.5 Å². The number of ether oxygens (including phenoxy) is 1. The number of carbonyl (C=O) groups excluding carboxylic acids is 1. The number of carbonyl (C=O) groups is 1. The van der Waals surface area contributed by atoms with Crippen molar-refractivity contribution in [1.29, 1.82) is 0 Å². The van der Waals surface area contributed by atoms with Gasteiger partial charge < -0.3 is 4.74 Å². The third-order valence-corrected chi connectivity index (χ3v) is 6.33. The van der Waals surface area contributed by atoms with E-state index in [1.165, 1.54) is 23.8 Å². The molecule has 8 nitrogen and oxygen atoms in total. The molecule has 10 heteroatoms. The van der Waals surface area contributed by atoms with Crippen LogP contribution in [0.25, 0.3) is 6.08 Å². The van der Waals surface area contributed by atoms with Crippen molar-refractivity contribution in [2.24, 2.45) is 4.99 Å². The standard InChI is InChI=1S/C22H16ClN3O5S/c1-12-18(21(28)31-2)19(15-8-3-4-9-16(15)23)25-20(27)17(32-22(25)24-12)11-13-6-5-7-14(10-13)26(29)30/h3-11,19H,1-2H3/b17-11+/t19-/m1/s1. The Hall–Kier alpha value is -3.56. The van der Waals surface area contributed by atoms with Crippen LogP contribution < -0.4 is 14.9 Å². The maximum atomic E-state index is 13.4. The van der Waals surface area contributed by atoms with Gasteiger partial charge in [-0.25, -0.2) is 9.79 Å². The number of hydrogen-bond donors (Lipinski definition) is 0. The molecule has 1 aliphatic heterocycles. The predicted octanol–water partition coefficient (Wildman–Crippen LogP) is 2.97. The molecule has 0 spiro atoms. The number of hydrogen-bond acceptors (Lipinski definition) is 7. The van der Waals surface area contributed by atoms with Gasteiger partial charge in [0.2, 0.25) is 0 Å². The summed E-state index contributed by atoms with van der Waals surface area (Å²) in [5, 5.41) is 11.5. The fourth-order valence-corrected chi connectivity index (χ4v) is 4.85. The maximum absolute atomic E-state index is 13.4. The van der Waals surface area contributed by atoms with E-state index in [1.807, 2.05) is 0 Å². The molecular formula is C22H16ClN3O5S. The average molecular weight is 470 g/mol. The number of non-ortho nitro benzene ring substituents is 1. The first kappa shape index (κ1) is 21.7. The van der Waals surface area contributed by atoms with Crippen LogP contribution in [-0.4, -0.2) is 22.6 Å². The van der Waals surface area contributed by atoms with Gasteiger partial charge in [-0.15, -0.1) is 0 Å². The Balaban J connectivity index is 1.98. The first-order chi connectivity index (χ1) is 15.3. The summed E-state index contributed by atoms with van der Waals surface area (Å²) >= 11 is 7.56. The lowest BCUT2D eigenvalue weighted by Gasteiger charge is -2.25. The normalized spacial score (nSPS) is 15.8. The smallest absolute Gasteiger partial charge is 0.338 e. The second-order valence-corrected chi connectivity index (χ2v) is 8.36. The van der Waals surface area contributed by atoms with Crippen LogP contribution in [0.3, 0.4) is 0 Å². The van der Waals surface area contributed by atoms with Crippen LogP contribution >= 0.6 is 22.9 Å². The molecule has 0 saturated heterocycles. The molecule has 0 unspecified atom stereocenters. The van der Waals surface area contributed by atoms with Crippen LogP contribution in [0.4, 0.5) is 5.69 Å². The summed E-state index contributed by atoms with van der Waals surface area (Å²) < 4.78 is 6.69. The molecule has 3 aromatic rings. The molecule has 0 radical (unpaired) electrons. The number of benzene rings is 2. The van der Waals surface area contributed by atoms with Crippen LogP contribution in [-0.2, 0) is 9.53 Å². The summed E-state index contributed by atoms with van der Waals surface area (Å²) in [6.07, 6.45) is 1.57. The number of nitrogens with zero attached hydrogens (tertiary/aromatic N) is 3. The monoisotopic (exact) mass is 469 g/mol. The first-order valence-electron chi connectivity index (χ1n) is 9.41. The fourth-order valence-electron chi connectivity index (χ4n) is 3.56. The molecule has 0 saturated carbocycles. The minimum absolute atomic E-state index is 0.0794. The molecule has 0 bridgehead atoms. The Labute approximate surface area is 190 Å². The summed E-state index contributed by atoms with van der Waals surface area (Å²) in [6.45, 7) is 1.67. The Morgan fingerprint density at radius 1 is 1.28 bits per heavy atom. The fraction of sp³-hybridized carbons (Fsp3) is 0.136. The SMILES string of the molecule is COC(=O)C1=C(C)N=c2s/c(=C/c3cccc([N+](=O)[O-])c3)c(=O)n2[C@@H]1c1ccccc1Cl. The molecule has 0 aliphatic carbocycles. The minimum atomic E-state index is -0.820. The maximum Gasteiger partial charge on any atom is 0.338 e. The molecule has 2 heterocycles. The molecule has 162 valence electrons. The van der Waals surface area contributed by atoms with E-state index in [0.29, 0.717) is 31.2 Å². The summed E-state index contributed by atoms with van der Waals surface area (Å²) in [5.41, 5.74) is 1.23. The van der Waals surface area contributed by atoms with E-state index in [-0.39, 0.29) is 16.8 Å². The van der Waals surface area contributed by atoms with Crippen LogP contribution in [0.15, 0.2) is 69.6 Å². The number of nitro groups is 1. The number of allylic oxidation sites excluding steroid dienone is 1. The zero-order valence-corrected chi connectivity index (χ0v) is 18.5. The number of thiazole rings is 1. The van der Waals surface area contributed by atoms with Crippen molar-refractivity contribution in [3.63, 3.8) is 0 Å². The van der Waals surface area contributed by atoms with E-state index >= 15 is 0 Å². The second-order valence-electron chi connectivity index (χ2n) is 6.95. The molecule has 1 aliphatic rings. The van der Waals surface area contributed by atoms with Crippen molar-refractivity contribution in [1.82, 2.24) is 4.57 Å². The van der Waals surface area contributed by atoms with Crippen molar-refractivity contribution in [3.05, 3.63) is 106 Å². The quantitative estimate of drug-likeness (QED) is 0.332. The van der Waals surface area contributed by atoms with Crippen molar-refractivity contribution in [2.75, 3.05) is 7.11 Å². The van der Waals surface area contributed by atoms with Gasteiger partial charge in [0.05, 0.1) is 27.8 Å². The van der Waals surface area contributed by atoms with Crippen LogP contribution in [0.5, 0.6) is 0 Å². The lowest BCUT2D eigenvalue weighted by atomic mass is 9.96. The van der Waals surface area contributed by atoms with E-state index in [2.05, 4.69) is 4.99 Å². The number of rotatable bonds is 4. The van der Waals surface area contributed by atoms with Crippen LogP contribution in [0.1, 0.15) is 24.1 Å². The van der Waals surface area contributed by atoms with Crippen molar-refractivity contribution >= 4 is 40.7 Å². The highest BCUT2D eigenvalue weighted by molar-refractivity contribution is 7.07. The summed E-state index contributed by atoms with van der Waals surface area (Å²) in [6, 6.07) is 12.1. The van der Waals surface area contributed by atoms with Crippen LogP contribution in [0, 0.1) is 10.1 Å². The van der Waals surface area contributed by atoms with Crippen molar-refractivity contribution in [2.45, 2.75) is 13.0 Å². The zero-order chi connectivity index (χ0) is 23.0.